The number of nitrogens with one attached hydrogen (secondary N) is 1. The van der Waals surface area contributed by atoms with E-state index in [4.69, 9.17) is 5.11 Å². The number of aliphatic carboxylic acids is 1. The van der Waals surface area contributed by atoms with Gasteiger partial charge < -0.3 is 15.3 Å². The number of carboxylic acid groups (broad SMARTS) is 1. The predicted octanol–water partition coefficient (Wildman–Crippen LogP) is 1.05. The molecule has 1 rings (SSSR count). The third-order valence-electron chi connectivity index (χ3n) is 2.51. The van der Waals surface area contributed by atoms with E-state index in [-0.39, 0.29) is 12.5 Å². The van der Waals surface area contributed by atoms with E-state index in [9.17, 15) is 9.59 Å². The quantitative estimate of drug-likeness (QED) is 0.622. The van der Waals surface area contributed by atoms with Crippen molar-refractivity contribution in [1.29, 1.82) is 0 Å². The molecule has 0 aromatic carbocycles. The van der Waals surface area contributed by atoms with Gasteiger partial charge in [-0.05, 0) is 12.8 Å². The summed E-state index contributed by atoms with van der Waals surface area (Å²) in [7, 11) is 0. The zero-order valence-electron chi connectivity index (χ0n) is 8.87. The van der Waals surface area contributed by atoms with Crippen molar-refractivity contribution in [3.8, 4) is 0 Å². The molecule has 15 heavy (non-hydrogen) atoms. The second kappa shape index (κ2) is 6.27. The molecule has 0 aromatic heterocycles. The molecule has 0 saturated carbocycles. The van der Waals surface area contributed by atoms with Gasteiger partial charge in [-0.25, -0.2) is 4.79 Å². The lowest BCUT2D eigenvalue weighted by atomic mass is 10.1. The van der Waals surface area contributed by atoms with Gasteiger partial charge in [-0.1, -0.05) is 12.8 Å². The Bertz CT molecular complexity index is 231. The van der Waals surface area contributed by atoms with Crippen LogP contribution < -0.4 is 5.32 Å². The van der Waals surface area contributed by atoms with Crippen LogP contribution in [0.15, 0.2) is 0 Å². The van der Waals surface area contributed by atoms with Gasteiger partial charge in [0.25, 0.3) is 0 Å². The van der Waals surface area contributed by atoms with E-state index in [2.05, 4.69) is 5.32 Å². The number of hydrogen-bond donors (Lipinski definition) is 2. The molecular formula is C10H18N2O3. The van der Waals surface area contributed by atoms with Crippen LogP contribution in [0.4, 0.5) is 4.79 Å². The smallest absolute Gasteiger partial charge is 0.317 e. The fraction of sp³-hybridized carbons (Fsp3) is 0.800. The minimum absolute atomic E-state index is 0.0283. The molecule has 1 aliphatic heterocycles. The Hall–Kier alpha value is -1.26. The summed E-state index contributed by atoms with van der Waals surface area (Å²) in [6, 6.07) is 0.0283. The number of hydrogen-bond acceptors (Lipinski definition) is 2. The van der Waals surface area contributed by atoms with E-state index < -0.39 is 5.97 Å². The highest BCUT2D eigenvalue weighted by Crippen LogP contribution is 2.05. The van der Waals surface area contributed by atoms with Crippen molar-refractivity contribution in [2.45, 2.75) is 32.1 Å². The molecule has 1 aliphatic rings. The second-order valence-electron chi connectivity index (χ2n) is 3.78. The molecule has 0 spiro atoms. The fourth-order valence-corrected chi connectivity index (χ4v) is 1.66. The van der Waals surface area contributed by atoms with Crippen LogP contribution in [0.1, 0.15) is 32.1 Å². The lowest BCUT2D eigenvalue weighted by Gasteiger charge is -2.13. The molecule has 0 unspecified atom stereocenters. The number of carbonyl (C=O) groups excluding carboxylic acids is 1. The molecule has 1 heterocycles. The number of urea groups is 1. The monoisotopic (exact) mass is 214 g/mol. The van der Waals surface area contributed by atoms with Gasteiger partial charge in [0.2, 0.25) is 0 Å². The number of rotatable bonds is 7. The summed E-state index contributed by atoms with van der Waals surface area (Å²) in [5.74, 6) is -0.728. The van der Waals surface area contributed by atoms with Gasteiger partial charge in [-0.3, -0.25) is 4.79 Å². The van der Waals surface area contributed by atoms with Gasteiger partial charge in [-0.2, -0.15) is 0 Å². The minimum Gasteiger partial charge on any atom is -0.481 e. The number of nitrogens with zero attached hydrogens (tertiary/aromatic N) is 1. The van der Waals surface area contributed by atoms with Gasteiger partial charge >= 0.3 is 12.0 Å². The first kappa shape index (κ1) is 11.8. The van der Waals surface area contributed by atoms with Crippen molar-refractivity contribution < 1.29 is 14.7 Å². The molecule has 0 bridgehead atoms. The van der Waals surface area contributed by atoms with Gasteiger partial charge in [0.1, 0.15) is 0 Å². The highest BCUT2D eigenvalue weighted by Gasteiger charge is 2.17. The molecule has 0 atom stereocenters. The lowest BCUT2D eigenvalue weighted by molar-refractivity contribution is -0.137. The fourth-order valence-electron chi connectivity index (χ4n) is 1.66. The van der Waals surface area contributed by atoms with Crippen molar-refractivity contribution >= 4 is 12.0 Å². The number of amides is 2. The summed E-state index contributed by atoms with van der Waals surface area (Å²) in [6.45, 7) is 2.34. The van der Waals surface area contributed by atoms with Crippen LogP contribution in [0.25, 0.3) is 0 Å². The lowest BCUT2D eigenvalue weighted by Crippen LogP contribution is -2.28. The maximum Gasteiger partial charge on any atom is 0.317 e. The molecule has 2 N–H and O–H groups in total. The van der Waals surface area contributed by atoms with E-state index in [1.54, 1.807) is 4.90 Å². The number of unbranched alkanes of at least 4 members (excludes halogenated alkanes) is 3. The van der Waals surface area contributed by atoms with Gasteiger partial charge in [0.05, 0.1) is 0 Å². The summed E-state index contributed by atoms with van der Waals surface area (Å²) in [5, 5.41) is 11.2. The zero-order chi connectivity index (χ0) is 11.1. The van der Waals surface area contributed by atoms with Crippen LogP contribution in [-0.2, 0) is 4.79 Å². The summed E-state index contributed by atoms with van der Waals surface area (Å²) < 4.78 is 0. The van der Waals surface area contributed by atoms with Crippen LogP contribution in [0.2, 0.25) is 0 Å². The second-order valence-corrected chi connectivity index (χ2v) is 3.78. The summed E-state index contributed by atoms with van der Waals surface area (Å²) in [4.78, 5) is 23.1. The van der Waals surface area contributed by atoms with Crippen LogP contribution in [-0.4, -0.2) is 41.6 Å². The van der Waals surface area contributed by atoms with Crippen LogP contribution in [0, 0.1) is 0 Å². The SMILES string of the molecule is O=C(O)CCCCCCN1CCNC1=O. The van der Waals surface area contributed by atoms with Crippen molar-refractivity contribution in [1.82, 2.24) is 10.2 Å². The molecule has 0 radical (unpaired) electrons. The average molecular weight is 214 g/mol. The third kappa shape index (κ3) is 4.67. The predicted molar refractivity (Wildman–Crippen MR) is 55.7 cm³/mol. The third-order valence-corrected chi connectivity index (χ3v) is 2.51. The standard InChI is InChI=1S/C10H18N2O3/c13-9(14)5-3-1-2-4-7-12-8-6-11-10(12)15/h1-8H2,(H,11,15)(H,13,14). The Kier molecular flexibility index (Phi) is 4.93. The van der Waals surface area contributed by atoms with E-state index in [1.165, 1.54) is 0 Å². The van der Waals surface area contributed by atoms with Gasteiger partial charge in [0, 0.05) is 26.1 Å². The zero-order valence-corrected chi connectivity index (χ0v) is 8.87. The Morgan fingerprint density at radius 3 is 2.67 bits per heavy atom. The van der Waals surface area contributed by atoms with Crippen molar-refractivity contribution in [2.75, 3.05) is 19.6 Å². The maximum absolute atomic E-state index is 11.1. The molecule has 5 heteroatoms. The van der Waals surface area contributed by atoms with Crippen molar-refractivity contribution in [3.05, 3.63) is 0 Å². The summed E-state index contributed by atoms with van der Waals surface area (Å²) in [6.07, 6.45) is 3.89. The topological polar surface area (TPSA) is 69.6 Å². The first-order valence-corrected chi connectivity index (χ1v) is 5.45. The van der Waals surface area contributed by atoms with Crippen LogP contribution >= 0.6 is 0 Å². The molecule has 0 aromatic rings. The summed E-state index contributed by atoms with van der Waals surface area (Å²) in [5.41, 5.74) is 0. The molecule has 1 fully saturated rings. The van der Waals surface area contributed by atoms with Crippen LogP contribution in [0.5, 0.6) is 0 Å². The molecule has 0 aliphatic carbocycles. The van der Waals surface area contributed by atoms with E-state index in [0.717, 1.165) is 45.3 Å². The average Bonchev–Trinajstić information content (AvgIpc) is 2.57. The van der Waals surface area contributed by atoms with E-state index >= 15 is 0 Å². The first-order chi connectivity index (χ1) is 7.20. The molecule has 86 valence electrons. The number of carbonyl (C=O) groups is 2. The number of carboxylic acids is 1. The Labute approximate surface area is 89.4 Å². The molecule has 2 amide bonds. The highest BCUT2D eigenvalue weighted by atomic mass is 16.4. The van der Waals surface area contributed by atoms with Gasteiger partial charge in [0.15, 0.2) is 0 Å². The molecule has 1 saturated heterocycles. The maximum atomic E-state index is 11.1. The highest BCUT2D eigenvalue weighted by molar-refractivity contribution is 5.76. The summed E-state index contributed by atoms with van der Waals surface area (Å²) >= 11 is 0. The normalized spacial score (nSPS) is 15.5. The minimum atomic E-state index is -0.728. The van der Waals surface area contributed by atoms with Crippen molar-refractivity contribution in [3.63, 3.8) is 0 Å². The Morgan fingerprint density at radius 1 is 1.33 bits per heavy atom. The van der Waals surface area contributed by atoms with E-state index in [1.807, 2.05) is 0 Å². The molecular weight excluding hydrogens is 196 g/mol. The first-order valence-electron chi connectivity index (χ1n) is 5.45. The van der Waals surface area contributed by atoms with Crippen LogP contribution in [0.3, 0.4) is 0 Å². The molecule has 5 nitrogen and oxygen atoms in total. The largest absolute Gasteiger partial charge is 0.481 e. The van der Waals surface area contributed by atoms with Gasteiger partial charge in [-0.15, -0.1) is 0 Å². The Balaban J connectivity index is 1.92. The van der Waals surface area contributed by atoms with Crippen molar-refractivity contribution in [2.24, 2.45) is 0 Å². The van der Waals surface area contributed by atoms with E-state index in [0.29, 0.717) is 0 Å². The Morgan fingerprint density at radius 2 is 2.07 bits per heavy atom.